The highest BCUT2D eigenvalue weighted by Gasteiger charge is 2.50. The maximum absolute atomic E-state index is 13.5. The lowest BCUT2D eigenvalue weighted by Crippen LogP contribution is -2.49. The van der Waals surface area contributed by atoms with Crippen LogP contribution in [-0.4, -0.2) is 41.4 Å². The van der Waals surface area contributed by atoms with Gasteiger partial charge in [-0.1, -0.05) is 56.3 Å². The number of amides is 4. The number of nitrogens with one attached hydrogen (secondary N) is 1. The van der Waals surface area contributed by atoms with Crippen LogP contribution in [0.15, 0.2) is 54.6 Å². The van der Waals surface area contributed by atoms with Gasteiger partial charge in [-0.2, -0.15) is 0 Å². The van der Waals surface area contributed by atoms with Gasteiger partial charge in [-0.15, -0.1) is 0 Å². The lowest BCUT2D eigenvalue weighted by atomic mass is 9.93. The molecule has 0 bridgehead atoms. The molecule has 0 spiro atoms. The molecule has 0 radical (unpaired) electrons. The van der Waals surface area contributed by atoms with Crippen molar-refractivity contribution in [3.63, 3.8) is 0 Å². The number of para-hydroxylation sites is 2. The number of hydrogen-bond acceptors (Lipinski definition) is 4. The summed E-state index contributed by atoms with van der Waals surface area (Å²) in [4.78, 5) is 41.7. The molecule has 2 heterocycles. The van der Waals surface area contributed by atoms with Gasteiger partial charge in [-0.05, 0) is 30.5 Å². The summed E-state index contributed by atoms with van der Waals surface area (Å²) in [6, 6.07) is 16.0. The monoisotopic (exact) mass is 407 g/mol. The molecule has 1 unspecified atom stereocenters. The van der Waals surface area contributed by atoms with Gasteiger partial charge in [0.15, 0.2) is 0 Å². The number of carbonyl (C=O) groups excluding carboxylic acids is 3. The Labute approximate surface area is 175 Å². The van der Waals surface area contributed by atoms with E-state index in [0.717, 1.165) is 10.5 Å². The van der Waals surface area contributed by atoms with Crippen LogP contribution in [0, 0.1) is 0 Å². The summed E-state index contributed by atoms with van der Waals surface area (Å²) in [5, 5.41) is 2.78. The highest BCUT2D eigenvalue weighted by atomic mass is 16.5. The van der Waals surface area contributed by atoms with E-state index in [9.17, 15) is 14.4 Å². The summed E-state index contributed by atoms with van der Waals surface area (Å²) < 4.78 is 5.90. The molecule has 2 aromatic rings. The molecule has 0 saturated carbocycles. The number of rotatable bonds is 5. The molecule has 1 atom stereocenters. The van der Waals surface area contributed by atoms with E-state index in [0.29, 0.717) is 30.9 Å². The molecule has 2 aliphatic heterocycles. The summed E-state index contributed by atoms with van der Waals surface area (Å²) in [5.74, 6) is -0.0681. The number of anilines is 1. The van der Waals surface area contributed by atoms with Gasteiger partial charge < -0.3 is 10.1 Å². The lowest BCUT2D eigenvalue weighted by Gasteiger charge is -2.37. The van der Waals surface area contributed by atoms with Crippen molar-refractivity contribution in [3.8, 4) is 5.75 Å². The number of hydrogen-bond donors (Lipinski definition) is 1. The third kappa shape index (κ3) is 3.20. The Morgan fingerprint density at radius 1 is 1.07 bits per heavy atom. The second-order valence-electron chi connectivity index (χ2n) is 7.58. The first-order chi connectivity index (χ1) is 14.5. The van der Waals surface area contributed by atoms with Crippen molar-refractivity contribution in [2.45, 2.75) is 38.3 Å². The molecule has 4 amide bonds. The van der Waals surface area contributed by atoms with Crippen LogP contribution < -0.4 is 15.0 Å². The first-order valence-corrected chi connectivity index (χ1v) is 10.2. The average Bonchev–Trinajstić information content (AvgIpc) is 3.03. The SMILES string of the molecule is CCC1(CC)NC(=O)N(CC(=O)N2c3ccccc3OCC2c2ccccc2)C1=O. The highest BCUT2D eigenvalue weighted by Crippen LogP contribution is 2.39. The minimum atomic E-state index is -0.931. The van der Waals surface area contributed by atoms with Gasteiger partial charge in [0.05, 0.1) is 11.7 Å². The van der Waals surface area contributed by atoms with E-state index in [4.69, 9.17) is 4.74 Å². The van der Waals surface area contributed by atoms with Crippen molar-refractivity contribution >= 4 is 23.5 Å². The van der Waals surface area contributed by atoms with Crippen LogP contribution in [0.3, 0.4) is 0 Å². The molecular formula is C23H25N3O4. The summed E-state index contributed by atoms with van der Waals surface area (Å²) in [6.45, 7) is 3.69. The van der Waals surface area contributed by atoms with E-state index in [-0.39, 0.29) is 24.4 Å². The Morgan fingerprint density at radius 2 is 1.73 bits per heavy atom. The van der Waals surface area contributed by atoms with Gasteiger partial charge in [0.2, 0.25) is 5.91 Å². The second-order valence-corrected chi connectivity index (χ2v) is 7.58. The molecule has 1 fully saturated rings. The van der Waals surface area contributed by atoms with Crippen LogP contribution in [0.1, 0.15) is 38.3 Å². The average molecular weight is 407 g/mol. The van der Waals surface area contributed by atoms with Crippen molar-refractivity contribution in [2.24, 2.45) is 0 Å². The van der Waals surface area contributed by atoms with Crippen LogP contribution >= 0.6 is 0 Å². The van der Waals surface area contributed by atoms with Gasteiger partial charge >= 0.3 is 6.03 Å². The second kappa shape index (κ2) is 7.82. The van der Waals surface area contributed by atoms with Gasteiger partial charge in [-0.25, -0.2) is 4.79 Å². The van der Waals surface area contributed by atoms with E-state index in [1.165, 1.54) is 0 Å². The van der Waals surface area contributed by atoms with E-state index in [2.05, 4.69) is 5.32 Å². The quantitative estimate of drug-likeness (QED) is 0.772. The smallest absolute Gasteiger partial charge is 0.325 e. The molecular weight excluding hydrogens is 382 g/mol. The number of nitrogens with zero attached hydrogens (tertiary/aromatic N) is 2. The Morgan fingerprint density at radius 3 is 2.40 bits per heavy atom. The highest BCUT2D eigenvalue weighted by molar-refractivity contribution is 6.10. The van der Waals surface area contributed by atoms with Crippen LogP contribution in [0.5, 0.6) is 5.75 Å². The zero-order valence-electron chi connectivity index (χ0n) is 17.1. The zero-order chi connectivity index (χ0) is 21.3. The standard InChI is InChI=1S/C23H25N3O4/c1-3-23(4-2)21(28)25(22(29)24-23)14-20(27)26-17-12-8-9-13-19(17)30-15-18(26)16-10-6-5-7-11-16/h5-13,18H,3-4,14-15H2,1-2H3,(H,24,29). The van der Waals surface area contributed by atoms with Crippen LogP contribution in [0.25, 0.3) is 0 Å². The molecule has 7 heteroatoms. The fourth-order valence-electron chi connectivity index (χ4n) is 4.18. The Balaban J connectivity index is 1.67. The van der Waals surface area contributed by atoms with Gasteiger partial charge in [0.1, 0.15) is 24.4 Å². The molecule has 2 aliphatic rings. The van der Waals surface area contributed by atoms with Crippen molar-refractivity contribution < 1.29 is 19.1 Å². The maximum Gasteiger partial charge on any atom is 0.325 e. The Hall–Kier alpha value is -3.35. The van der Waals surface area contributed by atoms with Crippen LogP contribution in [0.4, 0.5) is 10.5 Å². The number of urea groups is 1. The third-order valence-corrected chi connectivity index (χ3v) is 6.03. The molecule has 1 N–H and O–H groups in total. The normalized spacial score (nSPS) is 19.9. The van der Waals surface area contributed by atoms with E-state index in [1.54, 1.807) is 4.90 Å². The van der Waals surface area contributed by atoms with Crippen molar-refractivity contribution in [3.05, 3.63) is 60.2 Å². The molecule has 30 heavy (non-hydrogen) atoms. The molecule has 4 rings (SSSR count). The summed E-state index contributed by atoms with van der Waals surface area (Å²) in [6.07, 6.45) is 0.956. The fourth-order valence-corrected chi connectivity index (χ4v) is 4.18. The molecule has 0 aromatic heterocycles. The summed E-state index contributed by atoms with van der Waals surface area (Å²) in [7, 11) is 0. The van der Waals surface area contributed by atoms with Crippen LogP contribution in [-0.2, 0) is 9.59 Å². The Bertz CT molecular complexity index is 971. The molecule has 0 aliphatic carbocycles. The van der Waals surface area contributed by atoms with Crippen molar-refractivity contribution in [1.82, 2.24) is 10.2 Å². The van der Waals surface area contributed by atoms with E-state index >= 15 is 0 Å². The number of ether oxygens (including phenoxy) is 1. The first-order valence-electron chi connectivity index (χ1n) is 10.2. The van der Waals surface area contributed by atoms with Gasteiger partial charge in [0.25, 0.3) is 5.91 Å². The minimum Gasteiger partial charge on any atom is -0.489 e. The number of fused-ring (bicyclic) bond motifs is 1. The molecule has 156 valence electrons. The maximum atomic E-state index is 13.5. The van der Waals surface area contributed by atoms with Crippen molar-refractivity contribution in [2.75, 3.05) is 18.1 Å². The largest absolute Gasteiger partial charge is 0.489 e. The van der Waals surface area contributed by atoms with Crippen LogP contribution in [0.2, 0.25) is 0 Å². The van der Waals surface area contributed by atoms with Gasteiger partial charge in [0, 0.05) is 0 Å². The number of benzene rings is 2. The zero-order valence-corrected chi connectivity index (χ0v) is 17.1. The topological polar surface area (TPSA) is 79.0 Å². The lowest BCUT2D eigenvalue weighted by molar-refractivity contribution is -0.134. The fraction of sp³-hybridized carbons (Fsp3) is 0.348. The predicted octanol–water partition coefficient (Wildman–Crippen LogP) is 3.26. The van der Waals surface area contributed by atoms with Gasteiger partial charge in [-0.3, -0.25) is 19.4 Å². The summed E-state index contributed by atoms with van der Waals surface area (Å²) in [5.41, 5.74) is 0.625. The third-order valence-electron chi connectivity index (χ3n) is 6.03. The Kier molecular flexibility index (Phi) is 5.20. The van der Waals surface area contributed by atoms with Crippen molar-refractivity contribution in [1.29, 1.82) is 0 Å². The predicted molar refractivity (Wildman–Crippen MR) is 112 cm³/mol. The number of imide groups is 1. The molecule has 7 nitrogen and oxygen atoms in total. The molecule has 2 aromatic carbocycles. The van der Waals surface area contributed by atoms with E-state index in [1.807, 2.05) is 68.4 Å². The minimum absolute atomic E-state index is 0.292. The first kappa shape index (κ1) is 19.9. The number of carbonyl (C=O) groups is 3. The summed E-state index contributed by atoms with van der Waals surface area (Å²) >= 11 is 0. The van der Waals surface area contributed by atoms with E-state index < -0.39 is 11.6 Å². The molecule has 1 saturated heterocycles.